The van der Waals surface area contributed by atoms with Crippen LogP contribution in [-0.2, 0) is 19.6 Å². The third-order valence-electron chi connectivity index (χ3n) is 5.68. The molecule has 0 fully saturated rings. The van der Waals surface area contributed by atoms with Crippen molar-refractivity contribution in [2.75, 3.05) is 0 Å². The first kappa shape index (κ1) is 20.7. The molecule has 0 aliphatic heterocycles. The highest BCUT2D eigenvalue weighted by molar-refractivity contribution is 5.94. The van der Waals surface area contributed by atoms with Crippen LogP contribution in [0.15, 0.2) is 97.2 Å². The molecule has 0 aliphatic rings. The van der Waals surface area contributed by atoms with Gasteiger partial charge in [-0.3, -0.25) is 4.79 Å². The van der Waals surface area contributed by atoms with E-state index in [-0.39, 0.29) is 5.91 Å². The molecule has 0 radical (unpaired) electrons. The van der Waals surface area contributed by atoms with Gasteiger partial charge in [0.1, 0.15) is 0 Å². The Morgan fingerprint density at radius 2 is 1.48 bits per heavy atom. The topological polar surface area (TPSA) is 25.2 Å². The largest absolute Gasteiger partial charge is 0.345 e. The minimum absolute atomic E-state index is 0.0486. The molecule has 1 heterocycles. The highest BCUT2D eigenvalue weighted by Crippen LogP contribution is 2.17. The molecule has 0 unspecified atom stereocenters. The van der Waals surface area contributed by atoms with Gasteiger partial charge in [0.15, 0.2) is 0 Å². The third kappa shape index (κ3) is 5.13. The molecule has 31 heavy (non-hydrogen) atoms. The van der Waals surface area contributed by atoms with Crippen molar-refractivity contribution in [3.63, 3.8) is 0 Å². The smallest absolute Gasteiger partial charge is 0.254 e. The minimum Gasteiger partial charge on any atom is -0.345 e. The molecule has 156 valence electrons. The Balaban J connectivity index is 1.61. The van der Waals surface area contributed by atoms with Crippen molar-refractivity contribution in [2.45, 2.75) is 33.5 Å². The maximum absolute atomic E-state index is 13.4. The zero-order chi connectivity index (χ0) is 21.6. The predicted molar refractivity (Wildman–Crippen MR) is 126 cm³/mol. The van der Waals surface area contributed by atoms with Crippen LogP contribution < -0.4 is 0 Å². The van der Waals surface area contributed by atoms with Gasteiger partial charge in [0.2, 0.25) is 0 Å². The van der Waals surface area contributed by atoms with Crippen LogP contribution in [0.25, 0.3) is 0 Å². The predicted octanol–water partition coefficient (Wildman–Crippen LogP) is 6.00. The summed E-state index contributed by atoms with van der Waals surface area (Å²) in [5, 5.41) is 0. The summed E-state index contributed by atoms with van der Waals surface area (Å²) >= 11 is 0. The summed E-state index contributed by atoms with van der Waals surface area (Å²) in [5.41, 5.74) is 6.69. The van der Waals surface area contributed by atoms with Gasteiger partial charge in [-0.15, -0.1) is 0 Å². The number of carbonyl (C=O) groups excluding carboxylic acids is 1. The molecule has 0 spiro atoms. The van der Waals surface area contributed by atoms with E-state index in [1.54, 1.807) is 0 Å². The zero-order valence-corrected chi connectivity index (χ0v) is 18.2. The van der Waals surface area contributed by atoms with Crippen LogP contribution in [0.3, 0.4) is 0 Å². The van der Waals surface area contributed by atoms with Gasteiger partial charge < -0.3 is 9.47 Å². The molecule has 3 heteroatoms. The quantitative estimate of drug-likeness (QED) is 0.368. The first-order valence-electron chi connectivity index (χ1n) is 10.7. The molecule has 4 rings (SSSR count). The van der Waals surface area contributed by atoms with Crippen molar-refractivity contribution in [1.82, 2.24) is 9.47 Å². The molecule has 3 nitrogen and oxygen atoms in total. The van der Waals surface area contributed by atoms with E-state index in [2.05, 4.69) is 66.2 Å². The molecule has 0 N–H and O–H groups in total. The Morgan fingerprint density at radius 1 is 0.774 bits per heavy atom. The Morgan fingerprint density at radius 3 is 2.23 bits per heavy atom. The van der Waals surface area contributed by atoms with Gasteiger partial charge in [-0.05, 0) is 54.8 Å². The summed E-state index contributed by atoms with van der Waals surface area (Å²) in [6, 6.07) is 30.6. The Kier molecular flexibility index (Phi) is 6.32. The number of hydrogen-bond donors (Lipinski definition) is 0. The lowest BCUT2D eigenvalue weighted by Gasteiger charge is -2.24. The van der Waals surface area contributed by atoms with E-state index in [1.165, 1.54) is 11.1 Å². The summed E-state index contributed by atoms with van der Waals surface area (Å²) in [6.07, 6.45) is 2.10. The van der Waals surface area contributed by atoms with E-state index in [9.17, 15) is 4.79 Å². The summed E-state index contributed by atoms with van der Waals surface area (Å²) in [4.78, 5) is 15.4. The second kappa shape index (κ2) is 9.48. The van der Waals surface area contributed by atoms with Gasteiger partial charge >= 0.3 is 0 Å². The van der Waals surface area contributed by atoms with Crippen molar-refractivity contribution in [3.05, 3.63) is 131 Å². The third-order valence-corrected chi connectivity index (χ3v) is 5.68. The second-order valence-corrected chi connectivity index (χ2v) is 8.07. The fraction of sp³-hybridized carbons (Fsp3) is 0.179. The van der Waals surface area contributed by atoms with Crippen LogP contribution in [0.1, 0.15) is 38.3 Å². The molecule has 0 saturated carbocycles. The fourth-order valence-corrected chi connectivity index (χ4v) is 3.80. The highest BCUT2D eigenvalue weighted by atomic mass is 16.2. The zero-order valence-electron chi connectivity index (χ0n) is 18.2. The van der Waals surface area contributed by atoms with Crippen molar-refractivity contribution >= 4 is 5.91 Å². The van der Waals surface area contributed by atoms with Crippen molar-refractivity contribution in [2.24, 2.45) is 0 Å². The number of amides is 1. The van der Waals surface area contributed by atoms with Crippen LogP contribution in [0, 0.1) is 13.8 Å². The Labute approximate surface area is 184 Å². The van der Waals surface area contributed by atoms with Crippen LogP contribution >= 0.6 is 0 Å². The number of aryl methyl sites for hydroxylation is 2. The molecule has 0 atom stereocenters. The molecule has 0 saturated heterocycles. The van der Waals surface area contributed by atoms with Gasteiger partial charge in [-0.25, -0.2) is 0 Å². The van der Waals surface area contributed by atoms with Crippen LogP contribution in [0.4, 0.5) is 0 Å². The number of nitrogens with zero attached hydrogens (tertiary/aromatic N) is 2. The number of rotatable bonds is 7. The second-order valence-electron chi connectivity index (χ2n) is 8.07. The van der Waals surface area contributed by atoms with Crippen LogP contribution in [0.5, 0.6) is 0 Å². The number of benzene rings is 3. The minimum atomic E-state index is 0.0486. The van der Waals surface area contributed by atoms with E-state index in [0.29, 0.717) is 13.1 Å². The lowest BCUT2D eigenvalue weighted by molar-refractivity contribution is 0.0726. The molecule has 1 amide bonds. The fourth-order valence-electron chi connectivity index (χ4n) is 3.80. The molecule has 3 aromatic carbocycles. The summed E-state index contributed by atoms with van der Waals surface area (Å²) in [5.74, 6) is 0.0486. The molecule has 1 aromatic heterocycles. The lowest BCUT2D eigenvalue weighted by atomic mass is 10.1. The first-order chi connectivity index (χ1) is 15.1. The summed E-state index contributed by atoms with van der Waals surface area (Å²) in [6.45, 7) is 6.10. The normalized spacial score (nSPS) is 10.8. The van der Waals surface area contributed by atoms with Crippen molar-refractivity contribution in [3.8, 4) is 0 Å². The van der Waals surface area contributed by atoms with E-state index in [4.69, 9.17) is 0 Å². The standard InChI is InChI=1S/C28H28N2O/c1-22-14-16-25(17-15-22)28(31)30(19-24-10-4-3-5-11-24)21-27-13-8-18-29(27)20-26-12-7-6-9-23(26)2/h3-18H,19-21H2,1-2H3. The molecular formula is C28H28N2O. The Hall–Kier alpha value is -3.59. The molecule has 0 bridgehead atoms. The van der Waals surface area contributed by atoms with Crippen molar-refractivity contribution < 1.29 is 4.79 Å². The molecule has 0 aliphatic carbocycles. The SMILES string of the molecule is Cc1ccc(C(=O)N(Cc2ccccc2)Cc2cccn2Cc2ccccc2C)cc1. The summed E-state index contributed by atoms with van der Waals surface area (Å²) < 4.78 is 2.24. The Bertz CT molecular complexity index is 1140. The average Bonchev–Trinajstić information content (AvgIpc) is 3.22. The van der Waals surface area contributed by atoms with E-state index < -0.39 is 0 Å². The van der Waals surface area contributed by atoms with Crippen LogP contribution in [-0.4, -0.2) is 15.4 Å². The number of carbonyl (C=O) groups is 1. The lowest BCUT2D eigenvalue weighted by Crippen LogP contribution is -2.31. The first-order valence-corrected chi connectivity index (χ1v) is 10.7. The van der Waals surface area contributed by atoms with E-state index >= 15 is 0 Å². The van der Waals surface area contributed by atoms with E-state index in [0.717, 1.165) is 28.9 Å². The van der Waals surface area contributed by atoms with Crippen molar-refractivity contribution in [1.29, 1.82) is 0 Å². The van der Waals surface area contributed by atoms with Gasteiger partial charge in [-0.2, -0.15) is 0 Å². The number of hydrogen-bond acceptors (Lipinski definition) is 1. The van der Waals surface area contributed by atoms with Gasteiger partial charge in [0, 0.05) is 30.5 Å². The van der Waals surface area contributed by atoms with Crippen LogP contribution in [0.2, 0.25) is 0 Å². The monoisotopic (exact) mass is 408 g/mol. The number of aromatic nitrogens is 1. The summed E-state index contributed by atoms with van der Waals surface area (Å²) in [7, 11) is 0. The van der Waals surface area contributed by atoms with E-state index in [1.807, 2.05) is 54.3 Å². The molecular weight excluding hydrogens is 380 g/mol. The van der Waals surface area contributed by atoms with Gasteiger partial charge in [0.05, 0.1) is 6.54 Å². The highest BCUT2D eigenvalue weighted by Gasteiger charge is 2.18. The van der Waals surface area contributed by atoms with Gasteiger partial charge in [0.25, 0.3) is 5.91 Å². The van der Waals surface area contributed by atoms with Gasteiger partial charge in [-0.1, -0.05) is 72.3 Å². The average molecular weight is 409 g/mol. The maximum atomic E-state index is 13.4. The maximum Gasteiger partial charge on any atom is 0.254 e. The molecule has 4 aromatic rings.